The molecule has 0 radical (unpaired) electrons. The van der Waals surface area contributed by atoms with Crippen molar-refractivity contribution in [2.75, 3.05) is 19.7 Å². The van der Waals surface area contributed by atoms with E-state index in [2.05, 4.69) is 26.6 Å². The maximum atomic E-state index is 13.9. The lowest BCUT2D eigenvalue weighted by Crippen LogP contribution is -2.60. The van der Waals surface area contributed by atoms with Gasteiger partial charge in [0.25, 0.3) is 0 Å². The van der Waals surface area contributed by atoms with Gasteiger partial charge in [-0.25, -0.2) is 4.79 Å². The summed E-state index contributed by atoms with van der Waals surface area (Å²) in [6.45, 7) is 7.54. The fourth-order valence-corrected chi connectivity index (χ4v) is 5.56. The minimum Gasteiger partial charge on any atom is -0.481 e. The molecule has 8 atom stereocenters. The van der Waals surface area contributed by atoms with Crippen molar-refractivity contribution in [3.8, 4) is 0 Å². The molecule has 302 valence electrons. The average Bonchev–Trinajstić information content (AvgIpc) is 3.57. The normalized spacial score (nSPS) is 18.2. The van der Waals surface area contributed by atoms with Crippen LogP contribution in [0.15, 0.2) is 0 Å². The van der Waals surface area contributed by atoms with Crippen LogP contribution in [-0.2, 0) is 38.4 Å². The number of likely N-dealkylation sites (tertiary alicyclic amines) is 1. The molecular formula is C33H58N8O12. The zero-order valence-corrected chi connectivity index (χ0v) is 31.0. The van der Waals surface area contributed by atoms with Crippen LogP contribution in [0.2, 0.25) is 0 Å². The Morgan fingerprint density at radius 3 is 1.85 bits per heavy atom. The molecule has 20 heteroatoms. The van der Waals surface area contributed by atoms with Crippen LogP contribution in [0.5, 0.6) is 0 Å². The maximum Gasteiger partial charge on any atom is 0.328 e. The van der Waals surface area contributed by atoms with E-state index in [1.54, 1.807) is 27.7 Å². The number of aliphatic hydroxyl groups is 2. The monoisotopic (exact) mass is 758 g/mol. The van der Waals surface area contributed by atoms with Crippen LogP contribution in [0.1, 0.15) is 79.6 Å². The first kappa shape index (κ1) is 46.6. The van der Waals surface area contributed by atoms with Crippen molar-refractivity contribution >= 4 is 47.4 Å². The molecule has 0 aromatic carbocycles. The molecule has 0 aliphatic carbocycles. The summed E-state index contributed by atoms with van der Waals surface area (Å²) in [5.74, 6) is -8.61. The Balaban J connectivity index is 3.24. The highest BCUT2D eigenvalue weighted by Gasteiger charge is 2.40. The summed E-state index contributed by atoms with van der Waals surface area (Å²) >= 11 is 0. The van der Waals surface area contributed by atoms with E-state index in [1.807, 2.05) is 0 Å². The number of aliphatic hydroxyl groups excluding tert-OH is 2. The Hall–Kier alpha value is -4.40. The first-order chi connectivity index (χ1) is 24.7. The standard InChI is InChI=1S/C33H58N8O12/c1-16(2)13-20(28(47)40-26(18(5)43)33(52)53)37-27(46)21(14-24(44)45)38-30(49)23-10-8-12-41(23)32(51)19(9-6-7-11-34)36-29(48)22(15-42)39-31(50)25(35)17(3)4/h16-23,25-26,42-43H,6-15,34-35H2,1-5H3,(H,36,48)(H,37,46)(H,38,49)(H,39,50)(H,40,47)(H,44,45)(H,52,53)/t18-,19+,20+,21+,22+,23+,25+,26+/m1/s1. The molecule has 53 heavy (non-hydrogen) atoms. The first-order valence-electron chi connectivity index (χ1n) is 17.8. The van der Waals surface area contributed by atoms with Crippen LogP contribution in [-0.4, -0.2) is 141 Å². The first-order valence-corrected chi connectivity index (χ1v) is 17.8. The zero-order chi connectivity index (χ0) is 40.6. The van der Waals surface area contributed by atoms with Crippen LogP contribution in [0.4, 0.5) is 0 Å². The third-order valence-corrected chi connectivity index (χ3v) is 8.63. The van der Waals surface area contributed by atoms with E-state index in [9.17, 15) is 58.8 Å². The van der Waals surface area contributed by atoms with E-state index < -0.39 is 109 Å². The van der Waals surface area contributed by atoms with Crippen LogP contribution < -0.4 is 38.1 Å². The lowest BCUT2D eigenvalue weighted by molar-refractivity contribution is -0.146. The molecule has 0 saturated carbocycles. The highest BCUT2D eigenvalue weighted by molar-refractivity contribution is 5.98. The fraction of sp³-hybridized carbons (Fsp3) is 0.758. The molecule has 0 unspecified atom stereocenters. The summed E-state index contributed by atoms with van der Waals surface area (Å²) in [5, 5.41) is 50.4. The van der Waals surface area contributed by atoms with Gasteiger partial charge in [0.15, 0.2) is 6.04 Å². The number of rotatable bonds is 23. The summed E-state index contributed by atoms with van der Waals surface area (Å²) in [7, 11) is 0. The molecular weight excluding hydrogens is 700 g/mol. The Kier molecular flexibility index (Phi) is 19.9. The second-order valence-corrected chi connectivity index (χ2v) is 14.0. The molecule has 1 fully saturated rings. The molecule has 0 aromatic heterocycles. The molecule has 1 heterocycles. The number of unbranched alkanes of at least 4 members (excludes halogenated alkanes) is 1. The number of nitrogens with two attached hydrogens (primary N) is 2. The van der Waals surface area contributed by atoms with Gasteiger partial charge in [0, 0.05) is 6.54 Å². The van der Waals surface area contributed by atoms with Gasteiger partial charge in [-0.05, 0) is 63.8 Å². The Morgan fingerprint density at radius 1 is 0.774 bits per heavy atom. The molecule has 6 amide bonds. The molecule has 0 bridgehead atoms. The number of carboxylic acids is 2. The Bertz CT molecular complexity index is 1300. The van der Waals surface area contributed by atoms with Crippen molar-refractivity contribution < 1.29 is 58.8 Å². The highest BCUT2D eigenvalue weighted by Crippen LogP contribution is 2.21. The topological polar surface area (TPSA) is 333 Å². The highest BCUT2D eigenvalue weighted by atomic mass is 16.4. The largest absolute Gasteiger partial charge is 0.481 e. The number of hydrogen-bond donors (Lipinski definition) is 11. The van der Waals surface area contributed by atoms with Gasteiger partial charge in [0.2, 0.25) is 35.4 Å². The minimum absolute atomic E-state index is 0.00895. The van der Waals surface area contributed by atoms with Gasteiger partial charge in [-0.1, -0.05) is 27.7 Å². The van der Waals surface area contributed by atoms with Crippen molar-refractivity contribution in [1.82, 2.24) is 31.5 Å². The predicted octanol–water partition coefficient (Wildman–Crippen LogP) is -3.51. The second-order valence-electron chi connectivity index (χ2n) is 14.0. The van der Waals surface area contributed by atoms with E-state index in [1.165, 1.54) is 4.90 Å². The second kappa shape index (κ2) is 22.6. The molecule has 0 aromatic rings. The van der Waals surface area contributed by atoms with Crippen LogP contribution in [0.25, 0.3) is 0 Å². The van der Waals surface area contributed by atoms with Gasteiger partial charge >= 0.3 is 11.9 Å². The van der Waals surface area contributed by atoms with Crippen LogP contribution in [0.3, 0.4) is 0 Å². The molecule has 1 saturated heterocycles. The molecule has 1 rings (SSSR count). The number of carboxylic acid groups (broad SMARTS) is 2. The number of carbonyl (C=O) groups is 8. The van der Waals surface area contributed by atoms with E-state index in [4.69, 9.17) is 11.5 Å². The van der Waals surface area contributed by atoms with Gasteiger partial charge in [-0.2, -0.15) is 0 Å². The van der Waals surface area contributed by atoms with Crippen molar-refractivity contribution in [2.45, 2.75) is 128 Å². The van der Waals surface area contributed by atoms with Crippen molar-refractivity contribution in [1.29, 1.82) is 0 Å². The number of amides is 6. The smallest absolute Gasteiger partial charge is 0.328 e. The van der Waals surface area contributed by atoms with E-state index >= 15 is 0 Å². The third kappa shape index (κ3) is 15.2. The summed E-state index contributed by atoms with van der Waals surface area (Å²) in [4.78, 5) is 104. The number of nitrogens with one attached hydrogen (secondary N) is 5. The van der Waals surface area contributed by atoms with Crippen molar-refractivity contribution in [2.24, 2.45) is 23.3 Å². The van der Waals surface area contributed by atoms with Gasteiger partial charge in [0.05, 0.1) is 25.2 Å². The quantitative estimate of drug-likeness (QED) is 0.0451. The van der Waals surface area contributed by atoms with Crippen LogP contribution >= 0.6 is 0 Å². The number of aliphatic carboxylic acids is 2. The van der Waals surface area contributed by atoms with Gasteiger partial charge in [-0.15, -0.1) is 0 Å². The summed E-state index contributed by atoms with van der Waals surface area (Å²) in [6.07, 6.45) is -0.965. The van der Waals surface area contributed by atoms with Crippen LogP contribution in [0, 0.1) is 11.8 Å². The summed E-state index contributed by atoms with van der Waals surface area (Å²) in [5.41, 5.74) is 11.5. The molecule has 1 aliphatic heterocycles. The van der Waals surface area contributed by atoms with E-state index in [0.29, 0.717) is 25.8 Å². The number of hydrogen-bond acceptors (Lipinski definition) is 12. The average molecular weight is 759 g/mol. The predicted molar refractivity (Wildman–Crippen MR) is 188 cm³/mol. The summed E-state index contributed by atoms with van der Waals surface area (Å²) in [6, 6.07) is -9.59. The lowest BCUT2D eigenvalue weighted by Gasteiger charge is -2.31. The van der Waals surface area contributed by atoms with Crippen molar-refractivity contribution in [3.63, 3.8) is 0 Å². The van der Waals surface area contributed by atoms with Gasteiger partial charge in [-0.3, -0.25) is 33.6 Å². The van der Waals surface area contributed by atoms with Gasteiger partial charge in [0.1, 0.15) is 30.2 Å². The van der Waals surface area contributed by atoms with Gasteiger partial charge < -0.3 is 63.4 Å². The maximum absolute atomic E-state index is 13.9. The molecule has 0 spiro atoms. The number of carbonyl (C=O) groups excluding carboxylic acids is 6. The fourth-order valence-electron chi connectivity index (χ4n) is 5.56. The molecule has 1 aliphatic rings. The van der Waals surface area contributed by atoms with Crippen molar-refractivity contribution in [3.05, 3.63) is 0 Å². The molecule has 20 nitrogen and oxygen atoms in total. The SMILES string of the molecule is CC(C)C[C@H](NC(=O)[C@H](CC(=O)O)NC(=O)[C@@H]1CCCN1C(=O)[C@H](CCCCN)NC(=O)[C@H](CO)NC(=O)[C@@H](N)C(C)C)C(=O)N[C@H](C(=O)O)[C@@H](C)O. The minimum atomic E-state index is -1.72. The number of nitrogens with zero attached hydrogens (tertiary/aromatic N) is 1. The zero-order valence-electron chi connectivity index (χ0n) is 31.0. The summed E-state index contributed by atoms with van der Waals surface area (Å²) < 4.78 is 0. The lowest BCUT2D eigenvalue weighted by atomic mass is 10.0. The Labute approximate surface area is 308 Å². The molecule has 13 N–H and O–H groups in total. The Morgan fingerprint density at radius 2 is 1.34 bits per heavy atom. The van der Waals surface area contributed by atoms with E-state index in [0.717, 1.165) is 6.92 Å². The third-order valence-electron chi connectivity index (χ3n) is 8.63. The van der Waals surface area contributed by atoms with E-state index in [-0.39, 0.29) is 37.6 Å².